The summed E-state index contributed by atoms with van der Waals surface area (Å²) in [5.41, 5.74) is -0.940. The first kappa shape index (κ1) is 17.3. The summed E-state index contributed by atoms with van der Waals surface area (Å²) in [7, 11) is 0. The van der Waals surface area contributed by atoms with Crippen LogP contribution < -0.4 is 5.32 Å². The smallest absolute Gasteiger partial charge is 0.416 e. The van der Waals surface area contributed by atoms with E-state index >= 15 is 0 Å². The number of amides is 1. The molecular formula is C16H18F3NO3. The lowest BCUT2D eigenvalue weighted by Crippen LogP contribution is -2.43. The molecule has 2 rings (SSSR count). The van der Waals surface area contributed by atoms with E-state index < -0.39 is 35.1 Å². The Bertz CT molecular complexity index is 604. The number of hydrogen-bond donors (Lipinski definition) is 2. The number of alkyl halides is 3. The van der Waals surface area contributed by atoms with E-state index in [1.807, 2.05) is 0 Å². The van der Waals surface area contributed by atoms with Gasteiger partial charge in [0.05, 0.1) is 11.1 Å². The van der Waals surface area contributed by atoms with Crippen LogP contribution >= 0.6 is 0 Å². The van der Waals surface area contributed by atoms with Crippen molar-refractivity contribution >= 4 is 11.9 Å². The number of nitrogens with one attached hydrogen (secondary N) is 1. The quantitative estimate of drug-likeness (QED) is 0.816. The fourth-order valence-electron chi connectivity index (χ4n) is 2.60. The third-order valence-corrected chi connectivity index (χ3v) is 4.09. The van der Waals surface area contributed by atoms with Gasteiger partial charge in [-0.1, -0.05) is 26.0 Å². The summed E-state index contributed by atoms with van der Waals surface area (Å²) in [4.78, 5) is 23.4. The van der Waals surface area contributed by atoms with Gasteiger partial charge in [0.15, 0.2) is 0 Å². The van der Waals surface area contributed by atoms with Gasteiger partial charge < -0.3 is 10.4 Å². The average molecular weight is 329 g/mol. The van der Waals surface area contributed by atoms with Crippen LogP contribution in [0.25, 0.3) is 0 Å². The molecule has 0 radical (unpaired) electrons. The number of aliphatic carboxylic acids is 1. The molecular weight excluding hydrogens is 311 g/mol. The molecule has 4 nitrogen and oxygen atoms in total. The lowest BCUT2D eigenvalue weighted by molar-refractivity contribution is -0.149. The van der Waals surface area contributed by atoms with E-state index in [1.165, 1.54) is 12.1 Å². The van der Waals surface area contributed by atoms with Gasteiger partial charge in [0.1, 0.15) is 5.92 Å². The number of carbonyl (C=O) groups is 2. The highest BCUT2D eigenvalue weighted by Gasteiger charge is 2.47. The fraction of sp³-hybridized carbons (Fsp3) is 0.500. The molecule has 1 amide bonds. The summed E-state index contributed by atoms with van der Waals surface area (Å²) in [5.74, 6) is -3.37. The maximum atomic E-state index is 12.6. The zero-order valence-electron chi connectivity index (χ0n) is 12.8. The normalized spacial score (nSPS) is 17.7. The van der Waals surface area contributed by atoms with Crippen molar-refractivity contribution in [2.45, 2.75) is 38.4 Å². The Morgan fingerprint density at radius 3 is 2.04 bits per heavy atom. The van der Waals surface area contributed by atoms with E-state index in [2.05, 4.69) is 5.32 Å². The first-order chi connectivity index (χ1) is 10.6. The number of benzene rings is 1. The van der Waals surface area contributed by atoms with Gasteiger partial charge in [0.25, 0.3) is 0 Å². The second kappa shape index (κ2) is 5.86. The molecule has 1 atom stereocenters. The number of carbonyl (C=O) groups excluding carboxylic acids is 1. The van der Waals surface area contributed by atoms with E-state index in [0.29, 0.717) is 18.4 Å². The van der Waals surface area contributed by atoms with E-state index in [4.69, 9.17) is 5.11 Å². The minimum absolute atomic E-state index is 0.379. The predicted molar refractivity (Wildman–Crippen MR) is 76.5 cm³/mol. The molecule has 1 saturated carbocycles. The Labute approximate surface area is 131 Å². The van der Waals surface area contributed by atoms with Crippen molar-refractivity contribution in [3.05, 3.63) is 35.4 Å². The molecule has 1 aliphatic rings. The number of hydrogen-bond acceptors (Lipinski definition) is 2. The Morgan fingerprint density at radius 1 is 1.17 bits per heavy atom. The first-order valence-corrected chi connectivity index (χ1v) is 7.29. The highest BCUT2D eigenvalue weighted by atomic mass is 19.4. The van der Waals surface area contributed by atoms with Crippen molar-refractivity contribution in [1.29, 1.82) is 0 Å². The van der Waals surface area contributed by atoms with Crippen LogP contribution in [0.4, 0.5) is 13.2 Å². The highest BCUT2D eigenvalue weighted by molar-refractivity contribution is 5.97. The van der Waals surface area contributed by atoms with E-state index in [1.54, 1.807) is 13.8 Å². The summed E-state index contributed by atoms with van der Waals surface area (Å²) < 4.78 is 37.8. The molecule has 0 aliphatic heterocycles. The molecule has 1 unspecified atom stereocenters. The third-order valence-electron chi connectivity index (χ3n) is 4.09. The van der Waals surface area contributed by atoms with Gasteiger partial charge in [0, 0.05) is 0 Å². The van der Waals surface area contributed by atoms with Crippen LogP contribution in [0.2, 0.25) is 0 Å². The minimum Gasteiger partial charge on any atom is -0.481 e. The van der Waals surface area contributed by atoms with Crippen LogP contribution in [0, 0.1) is 11.8 Å². The molecule has 1 aromatic carbocycles. The summed E-state index contributed by atoms with van der Waals surface area (Å²) in [6.45, 7) is 3.27. The lowest BCUT2D eigenvalue weighted by atomic mass is 9.93. The van der Waals surface area contributed by atoms with Crippen molar-refractivity contribution in [2.75, 3.05) is 0 Å². The van der Waals surface area contributed by atoms with Crippen LogP contribution in [0.3, 0.4) is 0 Å². The molecule has 0 spiro atoms. The van der Waals surface area contributed by atoms with Crippen LogP contribution in [0.1, 0.15) is 37.8 Å². The monoisotopic (exact) mass is 329 g/mol. The van der Waals surface area contributed by atoms with Gasteiger partial charge in [-0.3, -0.25) is 9.59 Å². The van der Waals surface area contributed by atoms with Crippen molar-refractivity contribution in [1.82, 2.24) is 5.32 Å². The number of halogens is 3. The van der Waals surface area contributed by atoms with E-state index in [-0.39, 0.29) is 5.92 Å². The molecule has 1 aliphatic carbocycles. The summed E-state index contributed by atoms with van der Waals surface area (Å²) in [6, 6.07) is 4.61. The standard InChI is InChI=1S/C16H18F3NO3/c1-9(2)12(14(22)23)13(21)20-15(7-8-15)10-3-5-11(6-4-10)16(17,18)19/h3-6,9,12H,7-8H2,1-2H3,(H,20,21)(H,22,23). The Balaban J connectivity index is 2.17. The van der Waals surface area contributed by atoms with Crippen LogP contribution in [0.5, 0.6) is 0 Å². The molecule has 7 heteroatoms. The molecule has 0 bridgehead atoms. The van der Waals surface area contributed by atoms with Crippen molar-refractivity contribution in [3.8, 4) is 0 Å². The van der Waals surface area contributed by atoms with Crippen molar-refractivity contribution in [2.24, 2.45) is 11.8 Å². The van der Waals surface area contributed by atoms with E-state index in [9.17, 15) is 22.8 Å². The molecule has 0 saturated heterocycles. The van der Waals surface area contributed by atoms with Crippen LogP contribution in [0.15, 0.2) is 24.3 Å². The topological polar surface area (TPSA) is 66.4 Å². The SMILES string of the molecule is CC(C)C(C(=O)O)C(=O)NC1(c2ccc(C(F)(F)F)cc2)CC1. The summed E-state index contributed by atoms with van der Waals surface area (Å²) in [6.07, 6.45) is -3.26. The lowest BCUT2D eigenvalue weighted by Gasteiger charge is -2.23. The minimum atomic E-state index is -4.41. The van der Waals surface area contributed by atoms with Crippen molar-refractivity contribution < 1.29 is 27.9 Å². The third kappa shape index (κ3) is 3.65. The average Bonchev–Trinajstić information content (AvgIpc) is 3.17. The van der Waals surface area contributed by atoms with E-state index in [0.717, 1.165) is 12.1 Å². The fourth-order valence-corrected chi connectivity index (χ4v) is 2.60. The molecule has 0 aromatic heterocycles. The highest BCUT2D eigenvalue weighted by Crippen LogP contribution is 2.46. The molecule has 1 fully saturated rings. The van der Waals surface area contributed by atoms with Gasteiger partial charge in [-0.25, -0.2) is 0 Å². The maximum absolute atomic E-state index is 12.6. The Morgan fingerprint density at radius 2 is 1.70 bits per heavy atom. The molecule has 2 N–H and O–H groups in total. The largest absolute Gasteiger partial charge is 0.481 e. The van der Waals surface area contributed by atoms with Crippen LogP contribution in [-0.2, 0) is 21.3 Å². The molecule has 23 heavy (non-hydrogen) atoms. The number of carboxylic acids is 1. The second-order valence-electron chi connectivity index (χ2n) is 6.21. The second-order valence-corrected chi connectivity index (χ2v) is 6.21. The number of carboxylic acid groups (broad SMARTS) is 1. The Hall–Kier alpha value is -2.05. The summed E-state index contributed by atoms with van der Waals surface area (Å²) in [5, 5.41) is 11.8. The van der Waals surface area contributed by atoms with Gasteiger partial charge in [-0.05, 0) is 36.5 Å². The zero-order chi connectivity index (χ0) is 17.4. The molecule has 1 aromatic rings. The first-order valence-electron chi connectivity index (χ1n) is 7.29. The van der Waals surface area contributed by atoms with Gasteiger partial charge in [-0.2, -0.15) is 13.2 Å². The maximum Gasteiger partial charge on any atom is 0.416 e. The Kier molecular flexibility index (Phi) is 4.41. The number of rotatable bonds is 5. The molecule has 0 heterocycles. The predicted octanol–water partition coefficient (Wildman–Crippen LogP) is 3.17. The molecule has 126 valence electrons. The van der Waals surface area contributed by atoms with Crippen LogP contribution in [-0.4, -0.2) is 17.0 Å². The van der Waals surface area contributed by atoms with Gasteiger partial charge >= 0.3 is 12.1 Å². The van der Waals surface area contributed by atoms with Crippen molar-refractivity contribution in [3.63, 3.8) is 0 Å². The summed E-state index contributed by atoms with van der Waals surface area (Å²) >= 11 is 0. The van der Waals surface area contributed by atoms with Gasteiger partial charge in [-0.15, -0.1) is 0 Å². The van der Waals surface area contributed by atoms with Gasteiger partial charge in [0.2, 0.25) is 5.91 Å². The zero-order valence-corrected chi connectivity index (χ0v) is 12.8.